The second-order valence-corrected chi connectivity index (χ2v) is 7.35. The molecule has 28 heavy (non-hydrogen) atoms. The van der Waals surface area contributed by atoms with E-state index in [9.17, 15) is 4.79 Å². The first-order chi connectivity index (χ1) is 13.3. The Morgan fingerprint density at radius 3 is 2.25 bits per heavy atom. The van der Waals surface area contributed by atoms with Crippen molar-refractivity contribution in [2.45, 2.75) is 52.7 Å². The third-order valence-corrected chi connectivity index (χ3v) is 4.41. The molecule has 2 unspecified atom stereocenters. The van der Waals surface area contributed by atoms with E-state index in [1.807, 2.05) is 44.2 Å². The van der Waals surface area contributed by atoms with Gasteiger partial charge in [-0.2, -0.15) is 0 Å². The molecular weight excluding hydrogens is 354 g/mol. The Morgan fingerprint density at radius 1 is 1.00 bits per heavy atom. The van der Waals surface area contributed by atoms with Gasteiger partial charge in [0.25, 0.3) is 5.91 Å². The predicted octanol–water partition coefficient (Wildman–Crippen LogP) is 4.48. The van der Waals surface area contributed by atoms with Gasteiger partial charge in [-0.15, -0.1) is 0 Å². The highest BCUT2D eigenvalue weighted by Gasteiger charge is 2.19. The summed E-state index contributed by atoms with van der Waals surface area (Å²) in [5, 5.41) is 2.94. The first kappa shape index (κ1) is 21.6. The standard InChI is InChI=1S/C23H31NO4/c1-15(2)21-12-7-16(3)13-22(21)28-18(5)23(25)24-17(4)14-27-20-10-8-19(26-6)9-11-20/h7-13,15,17-18H,14H2,1-6H3,(H,24,25). The van der Waals surface area contributed by atoms with Crippen molar-refractivity contribution in [3.05, 3.63) is 53.6 Å². The quantitative estimate of drug-likeness (QED) is 0.692. The summed E-state index contributed by atoms with van der Waals surface area (Å²) in [5.74, 6) is 2.42. The van der Waals surface area contributed by atoms with Gasteiger partial charge in [-0.25, -0.2) is 0 Å². The van der Waals surface area contributed by atoms with Gasteiger partial charge in [-0.05, 0) is 68.1 Å². The van der Waals surface area contributed by atoms with Crippen LogP contribution in [0.5, 0.6) is 17.2 Å². The van der Waals surface area contributed by atoms with E-state index in [0.717, 1.165) is 28.4 Å². The van der Waals surface area contributed by atoms with E-state index >= 15 is 0 Å². The molecule has 2 aromatic rings. The Labute approximate surface area is 168 Å². The van der Waals surface area contributed by atoms with E-state index in [0.29, 0.717) is 12.5 Å². The van der Waals surface area contributed by atoms with Gasteiger partial charge >= 0.3 is 0 Å². The molecular formula is C23H31NO4. The number of nitrogens with one attached hydrogen (secondary N) is 1. The van der Waals surface area contributed by atoms with Crippen molar-refractivity contribution in [1.82, 2.24) is 5.32 Å². The molecule has 0 spiro atoms. The minimum Gasteiger partial charge on any atom is -0.497 e. The number of rotatable bonds is 9. The van der Waals surface area contributed by atoms with E-state index < -0.39 is 6.10 Å². The van der Waals surface area contributed by atoms with Crippen LogP contribution in [-0.4, -0.2) is 31.8 Å². The van der Waals surface area contributed by atoms with Crippen molar-refractivity contribution in [1.29, 1.82) is 0 Å². The maximum absolute atomic E-state index is 12.5. The summed E-state index contributed by atoms with van der Waals surface area (Å²) < 4.78 is 16.8. The highest BCUT2D eigenvalue weighted by molar-refractivity contribution is 5.81. The SMILES string of the molecule is COc1ccc(OCC(C)NC(=O)C(C)Oc2cc(C)ccc2C(C)C)cc1. The molecule has 0 fully saturated rings. The smallest absolute Gasteiger partial charge is 0.261 e. The molecule has 1 amide bonds. The normalized spacial score (nSPS) is 13.0. The predicted molar refractivity (Wildman–Crippen MR) is 111 cm³/mol. The van der Waals surface area contributed by atoms with E-state index in [2.05, 4.69) is 31.3 Å². The first-order valence-corrected chi connectivity index (χ1v) is 9.64. The Bertz CT molecular complexity index is 771. The number of hydrogen-bond donors (Lipinski definition) is 1. The lowest BCUT2D eigenvalue weighted by Gasteiger charge is -2.21. The number of hydrogen-bond acceptors (Lipinski definition) is 4. The molecule has 2 rings (SSSR count). The monoisotopic (exact) mass is 385 g/mol. The molecule has 5 nitrogen and oxygen atoms in total. The summed E-state index contributed by atoms with van der Waals surface area (Å²) in [5.41, 5.74) is 2.20. The molecule has 0 radical (unpaired) electrons. The van der Waals surface area contributed by atoms with Crippen LogP contribution in [0, 0.1) is 6.92 Å². The molecule has 152 valence electrons. The Kier molecular flexibility index (Phi) is 7.73. The van der Waals surface area contributed by atoms with Crippen LogP contribution < -0.4 is 19.5 Å². The van der Waals surface area contributed by atoms with Crippen LogP contribution in [0.2, 0.25) is 0 Å². The molecule has 2 aromatic carbocycles. The molecule has 2 atom stereocenters. The minimum absolute atomic E-state index is 0.150. The Morgan fingerprint density at radius 2 is 1.64 bits per heavy atom. The lowest BCUT2D eigenvalue weighted by Crippen LogP contribution is -2.43. The molecule has 0 aliphatic heterocycles. The molecule has 0 aliphatic rings. The average Bonchev–Trinajstić information content (AvgIpc) is 2.66. The zero-order valence-electron chi connectivity index (χ0n) is 17.6. The highest BCUT2D eigenvalue weighted by Crippen LogP contribution is 2.28. The van der Waals surface area contributed by atoms with E-state index in [4.69, 9.17) is 14.2 Å². The largest absolute Gasteiger partial charge is 0.497 e. The van der Waals surface area contributed by atoms with Crippen LogP contribution in [0.4, 0.5) is 0 Å². The van der Waals surface area contributed by atoms with Crippen molar-refractivity contribution >= 4 is 5.91 Å². The minimum atomic E-state index is -0.595. The number of benzene rings is 2. The van der Waals surface area contributed by atoms with Gasteiger partial charge < -0.3 is 19.5 Å². The number of aryl methyl sites for hydroxylation is 1. The van der Waals surface area contributed by atoms with Gasteiger partial charge in [0.15, 0.2) is 6.10 Å². The third-order valence-electron chi connectivity index (χ3n) is 4.41. The molecule has 0 aliphatic carbocycles. The number of methoxy groups -OCH3 is 1. The topological polar surface area (TPSA) is 56.8 Å². The lowest BCUT2D eigenvalue weighted by atomic mass is 10.0. The summed E-state index contributed by atoms with van der Waals surface area (Å²) in [6, 6.07) is 13.3. The summed E-state index contributed by atoms with van der Waals surface area (Å²) in [4.78, 5) is 12.5. The van der Waals surface area contributed by atoms with Gasteiger partial charge in [0.1, 0.15) is 23.9 Å². The highest BCUT2D eigenvalue weighted by atomic mass is 16.5. The van der Waals surface area contributed by atoms with Crippen LogP contribution in [0.1, 0.15) is 44.7 Å². The summed E-state index contributed by atoms with van der Waals surface area (Å²) in [6.07, 6.45) is -0.595. The second kappa shape index (κ2) is 10.0. The second-order valence-electron chi connectivity index (χ2n) is 7.35. The van der Waals surface area contributed by atoms with Gasteiger partial charge in [-0.3, -0.25) is 4.79 Å². The molecule has 0 saturated heterocycles. The fraction of sp³-hybridized carbons (Fsp3) is 0.435. The molecule has 0 heterocycles. The zero-order chi connectivity index (χ0) is 20.7. The van der Waals surface area contributed by atoms with Gasteiger partial charge in [0.05, 0.1) is 13.2 Å². The van der Waals surface area contributed by atoms with Crippen molar-refractivity contribution in [2.24, 2.45) is 0 Å². The molecule has 0 bridgehead atoms. The van der Waals surface area contributed by atoms with Crippen molar-refractivity contribution in [2.75, 3.05) is 13.7 Å². The van der Waals surface area contributed by atoms with Crippen LogP contribution in [0.15, 0.2) is 42.5 Å². The van der Waals surface area contributed by atoms with Crippen molar-refractivity contribution in [3.63, 3.8) is 0 Å². The molecule has 5 heteroatoms. The summed E-state index contributed by atoms with van der Waals surface area (Å²) in [6.45, 7) is 10.3. The van der Waals surface area contributed by atoms with E-state index in [1.54, 1.807) is 14.0 Å². The Balaban J connectivity index is 1.88. The maximum atomic E-state index is 12.5. The molecule has 0 aromatic heterocycles. The molecule has 1 N–H and O–H groups in total. The van der Waals surface area contributed by atoms with Gasteiger partial charge in [0, 0.05) is 0 Å². The summed E-state index contributed by atoms with van der Waals surface area (Å²) >= 11 is 0. The lowest BCUT2D eigenvalue weighted by molar-refractivity contribution is -0.128. The fourth-order valence-electron chi connectivity index (χ4n) is 2.76. The first-order valence-electron chi connectivity index (χ1n) is 9.64. The number of carbonyl (C=O) groups is 1. The van der Waals surface area contributed by atoms with Crippen LogP contribution in [0.3, 0.4) is 0 Å². The maximum Gasteiger partial charge on any atom is 0.261 e. The van der Waals surface area contributed by atoms with Crippen LogP contribution in [0.25, 0.3) is 0 Å². The number of carbonyl (C=O) groups excluding carboxylic acids is 1. The number of amides is 1. The van der Waals surface area contributed by atoms with Gasteiger partial charge in [0.2, 0.25) is 0 Å². The average molecular weight is 386 g/mol. The van der Waals surface area contributed by atoms with E-state index in [-0.39, 0.29) is 11.9 Å². The zero-order valence-corrected chi connectivity index (χ0v) is 17.6. The van der Waals surface area contributed by atoms with Gasteiger partial charge in [-0.1, -0.05) is 26.0 Å². The fourth-order valence-corrected chi connectivity index (χ4v) is 2.76. The number of ether oxygens (including phenoxy) is 3. The van der Waals surface area contributed by atoms with Crippen molar-refractivity contribution in [3.8, 4) is 17.2 Å². The Hall–Kier alpha value is -2.69. The molecule has 0 saturated carbocycles. The third kappa shape index (κ3) is 6.19. The van der Waals surface area contributed by atoms with Crippen LogP contribution in [-0.2, 0) is 4.79 Å². The summed E-state index contributed by atoms with van der Waals surface area (Å²) in [7, 11) is 1.62. The van der Waals surface area contributed by atoms with Crippen molar-refractivity contribution < 1.29 is 19.0 Å². The van der Waals surface area contributed by atoms with Crippen LogP contribution >= 0.6 is 0 Å². The van der Waals surface area contributed by atoms with E-state index in [1.165, 1.54) is 0 Å².